The Kier molecular flexibility index (Phi) is 3.91. The summed E-state index contributed by atoms with van der Waals surface area (Å²) in [7, 11) is 1.96. The van der Waals surface area contributed by atoms with Gasteiger partial charge < -0.3 is 5.73 Å². The molecule has 0 spiro atoms. The molecule has 90 valence electrons. The number of nitrogens with two attached hydrogens (primary N) is 1. The van der Waals surface area contributed by atoms with E-state index in [-0.39, 0.29) is 0 Å². The van der Waals surface area contributed by atoms with Crippen molar-refractivity contribution in [2.45, 2.75) is 23.4 Å². The van der Waals surface area contributed by atoms with E-state index >= 15 is 0 Å². The fourth-order valence-electron chi connectivity index (χ4n) is 1.56. The van der Waals surface area contributed by atoms with Gasteiger partial charge in [-0.25, -0.2) is 0 Å². The highest BCUT2D eigenvalue weighted by atomic mass is 79.9. The van der Waals surface area contributed by atoms with Crippen molar-refractivity contribution in [3.8, 4) is 0 Å². The highest BCUT2D eigenvalue weighted by Crippen LogP contribution is 2.31. The molecule has 0 aliphatic rings. The van der Waals surface area contributed by atoms with E-state index in [9.17, 15) is 0 Å². The normalized spacial score (nSPS) is 10.8. The predicted octanol–water partition coefficient (Wildman–Crippen LogP) is 3.10. The lowest BCUT2D eigenvalue weighted by atomic mass is 10.2. The molecule has 0 saturated carbocycles. The number of hydrogen-bond donors (Lipinski definition) is 1. The third-order valence-corrected chi connectivity index (χ3v) is 4.24. The van der Waals surface area contributed by atoms with Gasteiger partial charge in [0, 0.05) is 23.0 Å². The van der Waals surface area contributed by atoms with Crippen molar-refractivity contribution in [2.24, 2.45) is 12.8 Å². The van der Waals surface area contributed by atoms with Gasteiger partial charge in [0.25, 0.3) is 0 Å². The molecule has 3 nitrogen and oxygen atoms in total. The average Bonchev–Trinajstić information content (AvgIpc) is 2.58. The van der Waals surface area contributed by atoms with Crippen molar-refractivity contribution in [1.82, 2.24) is 9.78 Å². The summed E-state index contributed by atoms with van der Waals surface area (Å²) >= 11 is 5.23. The van der Waals surface area contributed by atoms with Crippen LogP contribution in [0.25, 0.3) is 0 Å². The first-order chi connectivity index (χ1) is 8.10. The van der Waals surface area contributed by atoms with Crippen molar-refractivity contribution in [3.05, 3.63) is 40.0 Å². The van der Waals surface area contributed by atoms with E-state index in [2.05, 4.69) is 45.3 Å². The maximum atomic E-state index is 5.63. The summed E-state index contributed by atoms with van der Waals surface area (Å²) in [5.74, 6) is 0. The molecule has 0 unspecified atom stereocenters. The number of nitrogens with zero attached hydrogens (tertiary/aromatic N) is 2. The lowest BCUT2D eigenvalue weighted by Crippen LogP contribution is -1.97. The molecular weight excluding hydrogens is 298 g/mol. The van der Waals surface area contributed by atoms with E-state index in [1.165, 1.54) is 4.90 Å². The Morgan fingerprint density at radius 2 is 2.18 bits per heavy atom. The summed E-state index contributed by atoms with van der Waals surface area (Å²) in [6.45, 7) is 2.55. The van der Waals surface area contributed by atoms with Crippen molar-refractivity contribution >= 4 is 27.7 Å². The minimum Gasteiger partial charge on any atom is -0.326 e. The zero-order valence-corrected chi connectivity index (χ0v) is 12.2. The number of halogens is 1. The molecule has 0 amide bonds. The Hall–Kier alpha value is -0.780. The fraction of sp³-hybridized carbons (Fsp3) is 0.250. The average molecular weight is 312 g/mol. The standard InChI is InChI=1S/C12H14BrN3S/c1-8-5-12(16(2)15-8)17-10-4-3-9(7-14)11(13)6-10/h3-6H,7,14H2,1-2H3. The van der Waals surface area contributed by atoms with Crippen LogP contribution in [0.5, 0.6) is 0 Å². The predicted molar refractivity (Wildman–Crippen MR) is 74.1 cm³/mol. The third-order valence-electron chi connectivity index (χ3n) is 2.43. The van der Waals surface area contributed by atoms with Crippen LogP contribution >= 0.6 is 27.7 Å². The Bertz CT molecular complexity index is 537. The van der Waals surface area contributed by atoms with Crippen LogP contribution in [-0.4, -0.2) is 9.78 Å². The molecule has 0 radical (unpaired) electrons. The third kappa shape index (κ3) is 2.91. The summed E-state index contributed by atoms with van der Waals surface area (Å²) in [5.41, 5.74) is 7.79. The van der Waals surface area contributed by atoms with Crippen LogP contribution in [0.1, 0.15) is 11.3 Å². The van der Waals surface area contributed by atoms with Crippen LogP contribution in [0.3, 0.4) is 0 Å². The lowest BCUT2D eigenvalue weighted by Gasteiger charge is -2.05. The quantitative estimate of drug-likeness (QED) is 0.947. The van der Waals surface area contributed by atoms with Gasteiger partial charge in [-0.2, -0.15) is 5.10 Å². The molecule has 1 aromatic carbocycles. The number of benzene rings is 1. The van der Waals surface area contributed by atoms with E-state index in [0.717, 1.165) is 20.8 Å². The Balaban J connectivity index is 2.24. The number of hydrogen-bond acceptors (Lipinski definition) is 3. The molecule has 0 aliphatic heterocycles. The van der Waals surface area contributed by atoms with Gasteiger partial charge in [-0.1, -0.05) is 33.8 Å². The van der Waals surface area contributed by atoms with Gasteiger partial charge >= 0.3 is 0 Å². The van der Waals surface area contributed by atoms with Gasteiger partial charge in [-0.3, -0.25) is 4.68 Å². The first-order valence-corrected chi connectivity index (χ1v) is 6.88. The first-order valence-electron chi connectivity index (χ1n) is 5.27. The van der Waals surface area contributed by atoms with Crippen LogP contribution in [0, 0.1) is 6.92 Å². The summed E-state index contributed by atoms with van der Waals surface area (Å²) < 4.78 is 2.95. The van der Waals surface area contributed by atoms with Crippen molar-refractivity contribution in [1.29, 1.82) is 0 Å². The maximum Gasteiger partial charge on any atom is 0.0986 e. The van der Waals surface area contributed by atoms with E-state index in [0.29, 0.717) is 6.54 Å². The summed E-state index contributed by atoms with van der Waals surface area (Å²) in [6, 6.07) is 8.31. The van der Waals surface area contributed by atoms with E-state index in [4.69, 9.17) is 5.73 Å². The summed E-state index contributed by atoms with van der Waals surface area (Å²) in [5, 5.41) is 5.46. The summed E-state index contributed by atoms with van der Waals surface area (Å²) in [4.78, 5) is 1.18. The molecule has 0 bridgehead atoms. The van der Waals surface area contributed by atoms with Crippen molar-refractivity contribution in [3.63, 3.8) is 0 Å². The fourth-order valence-corrected chi connectivity index (χ4v) is 3.21. The minimum atomic E-state index is 0.552. The van der Waals surface area contributed by atoms with Crippen molar-refractivity contribution in [2.75, 3.05) is 0 Å². The molecule has 0 fully saturated rings. The van der Waals surface area contributed by atoms with Crippen LogP contribution in [-0.2, 0) is 13.6 Å². The van der Waals surface area contributed by atoms with Crippen LogP contribution in [0.4, 0.5) is 0 Å². The lowest BCUT2D eigenvalue weighted by molar-refractivity contribution is 0.692. The van der Waals surface area contributed by atoms with Crippen LogP contribution in [0.15, 0.2) is 38.7 Å². The molecule has 1 aromatic heterocycles. The molecule has 0 saturated heterocycles. The summed E-state index contributed by atoms with van der Waals surface area (Å²) in [6.07, 6.45) is 0. The molecule has 2 N–H and O–H groups in total. The first kappa shape index (κ1) is 12.7. The minimum absolute atomic E-state index is 0.552. The Labute approximate surface area is 114 Å². The largest absolute Gasteiger partial charge is 0.326 e. The smallest absolute Gasteiger partial charge is 0.0986 e. The Morgan fingerprint density at radius 1 is 1.41 bits per heavy atom. The molecule has 0 aliphatic carbocycles. The molecule has 0 atom stereocenters. The highest BCUT2D eigenvalue weighted by Gasteiger charge is 2.06. The molecule has 2 rings (SSSR count). The second-order valence-corrected chi connectivity index (χ2v) is 5.76. The number of rotatable bonds is 3. The number of aromatic nitrogens is 2. The topological polar surface area (TPSA) is 43.8 Å². The van der Waals surface area contributed by atoms with Crippen LogP contribution in [0.2, 0.25) is 0 Å². The van der Waals surface area contributed by atoms with Gasteiger partial charge in [0.15, 0.2) is 0 Å². The van der Waals surface area contributed by atoms with E-state index in [1.807, 2.05) is 18.7 Å². The molecule has 1 heterocycles. The highest BCUT2D eigenvalue weighted by molar-refractivity contribution is 9.10. The van der Waals surface area contributed by atoms with Crippen molar-refractivity contribution < 1.29 is 0 Å². The number of aryl methyl sites for hydroxylation is 2. The second-order valence-electron chi connectivity index (χ2n) is 3.81. The Morgan fingerprint density at radius 3 is 2.71 bits per heavy atom. The molecular formula is C12H14BrN3S. The van der Waals surface area contributed by atoms with Gasteiger partial charge in [0.1, 0.15) is 0 Å². The SMILES string of the molecule is Cc1cc(Sc2ccc(CN)c(Br)c2)n(C)n1. The molecule has 5 heteroatoms. The maximum absolute atomic E-state index is 5.63. The van der Waals surface area contributed by atoms with Gasteiger partial charge in [-0.05, 0) is 30.7 Å². The molecule has 2 aromatic rings. The zero-order chi connectivity index (χ0) is 12.4. The van der Waals surface area contributed by atoms with Gasteiger partial charge in [0.2, 0.25) is 0 Å². The van der Waals surface area contributed by atoms with E-state index in [1.54, 1.807) is 11.8 Å². The second kappa shape index (κ2) is 5.25. The molecule has 17 heavy (non-hydrogen) atoms. The van der Waals surface area contributed by atoms with Gasteiger partial charge in [0.05, 0.1) is 10.7 Å². The monoisotopic (exact) mass is 311 g/mol. The van der Waals surface area contributed by atoms with Gasteiger partial charge in [-0.15, -0.1) is 0 Å². The van der Waals surface area contributed by atoms with Crippen LogP contribution < -0.4 is 5.73 Å². The zero-order valence-electron chi connectivity index (χ0n) is 9.77. The van der Waals surface area contributed by atoms with E-state index < -0.39 is 0 Å².